The second-order valence-corrected chi connectivity index (χ2v) is 6.93. The van der Waals surface area contributed by atoms with Gasteiger partial charge in [-0.2, -0.15) is 0 Å². The number of rotatable bonds is 6. The maximum Gasteiger partial charge on any atom is 0.251 e. The topological polar surface area (TPSA) is 45.5 Å². The van der Waals surface area contributed by atoms with Crippen LogP contribution in [-0.4, -0.2) is 30.4 Å². The predicted molar refractivity (Wildman–Crippen MR) is 106 cm³/mol. The molecule has 0 saturated carbocycles. The van der Waals surface area contributed by atoms with E-state index < -0.39 is 0 Å². The van der Waals surface area contributed by atoms with Gasteiger partial charge in [-0.3, -0.25) is 9.69 Å². The van der Waals surface area contributed by atoms with E-state index in [0.29, 0.717) is 12.1 Å². The first-order valence-corrected chi connectivity index (χ1v) is 9.52. The molecule has 3 aromatic rings. The Balaban J connectivity index is 1.42. The van der Waals surface area contributed by atoms with Gasteiger partial charge in [0, 0.05) is 12.1 Å². The van der Waals surface area contributed by atoms with Crippen molar-refractivity contribution in [2.75, 3.05) is 19.6 Å². The molecule has 1 N–H and O–H groups in total. The van der Waals surface area contributed by atoms with Crippen molar-refractivity contribution in [1.82, 2.24) is 10.2 Å². The molecule has 0 unspecified atom stereocenters. The summed E-state index contributed by atoms with van der Waals surface area (Å²) in [5.74, 6) is 0.863. The van der Waals surface area contributed by atoms with Crippen LogP contribution in [0.2, 0.25) is 0 Å². The molecule has 4 rings (SSSR count). The summed E-state index contributed by atoms with van der Waals surface area (Å²) in [5.41, 5.74) is 2.93. The van der Waals surface area contributed by atoms with Gasteiger partial charge in [0.05, 0.1) is 12.3 Å². The van der Waals surface area contributed by atoms with Gasteiger partial charge in [0.15, 0.2) is 0 Å². The van der Waals surface area contributed by atoms with Gasteiger partial charge in [-0.05, 0) is 61.3 Å². The molecule has 2 aromatic carbocycles. The summed E-state index contributed by atoms with van der Waals surface area (Å²) in [6.45, 7) is 2.65. The number of likely N-dealkylation sites (tertiary alicyclic amines) is 1. The zero-order valence-corrected chi connectivity index (χ0v) is 15.3. The van der Waals surface area contributed by atoms with Gasteiger partial charge >= 0.3 is 0 Å². The average Bonchev–Trinajstić information content (AvgIpc) is 3.44. The summed E-state index contributed by atoms with van der Waals surface area (Å²) in [7, 11) is 0. The molecule has 27 heavy (non-hydrogen) atoms. The van der Waals surface area contributed by atoms with Crippen LogP contribution < -0.4 is 5.32 Å². The van der Waals surface area contributed by atoms with Gasteiger partial charge in [0.25, 0.3) is 5.91 Å². The monoisotopic (exact) mass is 360 g/mol. The molecule has 138 valence electrons. The Morgan fingerprint density at radius 2 is 1.63 bits per heavy atom. The van der Waals surface area contributed by atoms with Crippen LogP contribution in [0, 0.1) is 0 Å². The minimum absolute atomic E-state index is 0.0506. The number of furan rings is 1. The Labute approximate surface area is 159 Å². The van der Waals surface area contributed by atoms with Gasteiger partial charge in [0.2, 0.25) is 0 Å². The van der Waals surface area contributed by atoms with Crippen molar-refractivity contribution in [3.63, 3.8) is 0 Å². The highest BCUT2D eigenvalue weighted by Crippen LogP contribution is 2.25. The lowest BCUT2D eigenvalue weighted by molar-refractivity contribution is 0.0934. The van der Waals surface area contributed by atoms with Gasteiger partial charge < -0.3 is 9.73 Å². The molecule has 1 amide bonds. The maximum absolute atomic E-state index is 12.6. The molecule has 1 saturated heterocycles. The predicted octanol–water partition coefficient (Wildman–Crippen LogP) is 4.51. The van der Waals surface area contributed by atoms with E-state index in [-0.39, 0.29) is 11.9 Å². The van der Waals surface area contributed by atoms with Crippen molar-refractivity contribution >= 4 is 5.91 Å². The number of amides is 1. The van der Waals surface area contributed by atoms with Crippen LogP contribution in [0.5, 0.6) is 0 Å². The highest BCUT2D eigenvalue weighted by molar-refractivity contribution is 5.94. The van der Waals surface area contributed by atoms with Crippen LogP contribution in [0.1, 0.15) is 35.0 Å². The van der Waals surface area contributed by atoms with Crippen molar-refractivity contribution in [3.8, 4) is 11.1 Å². The number of hydrogen-bond donors (Lipinski definition) is 1. The number of nitrogens with one attached hydrogen (secondary N) is 1. The Hall–Kier alpha value is -2.85. The molecule has 0 radical (unpaired) electrons. The maximum atomic E-state index is 12.6. The lowest BCUT2D eigenvalue weighted by atomic mass is 10.0. The minimum Gasteiger partial charge on any atom is -0.468 e. The number of hydrogen-bond acceptors (Lipinski definition) is 3. The van der Waals surface area contributed by atoms with Gasteiger partial charge in [-0.1, -0.05) is 42.5 Å². The Morgan fingerprint density at radius 3 is 2.30 bits per heavy atom. The van der Waals surface area contributed by atoms with E-state index in [1.54, 1.807) is 6.26 Å². The van der Waals surface area contributed by atoms with E-state index in [1.807, 2.05) is 54.6 Å². The second kappa shape index (κ2) is 8.23. The van der Waals surface area contributed by atoms with Crippen molar-refractivity contribution in [2.24, 2.45) is 0 Å². The second-order valence-electron chi connectivity index (χ2n) is 6.93. The largest absolute Gasteiger partial charge is 0.468 e. The fourth-order valence-electron chi connectivity index (χ4n) is 3.68. The van der Waals surface area contributed by atoms with Gasteiger partial charge in [0.1, 0.15) is 5.76 Å². The molecule has 0 spiro atoms. The normalized spacial score (nSPS) is 15.6. The Kier molecular flexibility index (Phi) is 5.35. The molecular weight excluding hydrogens is 336 g/mol. The third-order valence-electron chi connectivity index (χ3n) is 5.16. The summed E-state index contributed by atoms with van der Waals surface area (Å²) in [4.78, 5) is 15.0. The number of carbonyl (C=O) groups excluding carboxylic acids is 1. The summed E-state index contributed by atoms with van der Waals surface area (Å²) < 4.78 is 5.62. The van der Waals surface area contributed by atoms with Crippen LogP contribution in [0.4, 0.5) is 0 Å². The minimum atomic E-state index is -0.0506. The smallest absolute Gasteiger partial charge is 0.251 e. The van der Waals surface area contributed by atoms with Crippen molar-refractivity contribution in [1.29, 1.82) is 0 Å². The van der Waals surface area contributed by atoms with E-state index in [4.69, 9.17) is 4.42 Å². The third-order valence-corrected chi connectivity index (χ3v) is 5.16. The lowest BCUT2D eigenvalue weighted by Gasteiger charge is -2.26. The molecular formula is C23H24N2O2. The van der Waals surface area contributed by atoms with E-state index in [9.17, 15) is 4.79 Å². The first-order valence-electron chi connectivity index (χ1n) is 9.52. The SMILES string of the molecule is O=C(NC[C@H](c1ccco1)N1CCCC1)c1ccc(-c2ccccc2)cc1. The summed E-state index contributed by atoms with van der Waals surface area (Å²) in [6, 6.07) is 21.9. The number of carbonyl (C=O) groups is 1. The van der Waals surface area contributed by atoms with Crippen LogP contribution in [0.3, 0.4) is 0 Å². The molecule has 1 aliphatic rings. The van der Waals surface area contributed by atoms with Crippen LogP contribution in [0.25, 0.3) is 11.1 Å². The van der Waals surface area contributed by atoms with Crippen molar-refractivity contribution in [3.05, 3.63) is 84.3 Å². The lowest BCUT2D eigenvalue weighted by Crippen LogP contribution is -2.36. The summed E-state index contributed by atoms with van der Waals surface area (Å²) in [5, 5.41) is 3.08. The summed E-state index contributed by atoms with van der Waals surface area (Å²) >= 11 is 0. The van der Waals surface area contributed by atoms with Gasteiger partial charge in [-0.25, -0.2) is 0 Å². The van der Waals surface area contributed by atoms with E-state index >= 15 is 0 Å². The molecule has 1 atom stereocenters. The quantitative estimate of drug-likeness (QED) is 0.703. The average molecular weight is 360 g/mol. The third kappa shape index (κ3) is 4.12. The highest BCUT2D eigenvalue weighted by Gasteiger charge is 2.26. The molecule has 1 fully saturated rings. The highest BCUT2D eigenvalue weighted by atomic mass is 16.3. The molecule has 0 bridgehead atoms. The van der Waals surface area contributed by atoms with E-state index in [1.165, 1.54) is 12.8 Å². The standard InChI is InChI=1S/C23H24N2O2/c26-23(20-12-10-19(11-13-20)18-7-2-1-3-8-18)24-17-21(22-9-6-16-27-22)25-14-4-5-15-25/h1-3,6-13,16,21H,4-5,14-15,17H2,(H,24,26)/t21-/m1/s1. The first-order chi connectivity index (χ1) is 13.3. The zero-order chi connectivity index (χ0) is 18.5. The van der Waals surface area contributed by atoms with Gasteiger partial charge in [-0.15, -0.1) is 0 Å². The van der Waals surface area contributed by atoms with E-state index in [2.05, 4.69) is 22.3 Å². The first kappa shape index (κ1) is 17.6. The van der Waals surface area contributed by atoms with Crippen molar-refractivity contribution in [2.45, 2.75) is 18.9 Å². The fraction of sp³-hybridized carbons (Fsp3) is 0.261. The van der Waals surface area contributed by atoms with Crippen LogP contribution in [0.15, 0.2) is 77.4 Å². The fourth-order valence-corrected chi connectivity index (χ4v) is 3.68. The molecule has 4 heteroatoms. The van der Waals surface area contributed by atoms with E-state index in [0.717, 1.165) is 30.0 Å². The number of benzene rings is 2. The zero-order valence-electron chi connectivity index (χ0n) is 15.3. The van der Waals surface area contributed by atoms with Crippen molar-refractivity contribution < 1.29 is 9.21 Å². The number of nitrogens with zero attached hydrogens (tertiary/aromatic N) is 1. The van der Waals surface area contributed by atoms with Crippen LogP contribution in [-0.2, 0) is 0 Å². The molecule has 0 aliphatic carbocycles. The Morgan fingerprint density at radius 1 is 0.926 bits per heavy atom. The summed E-state index contributed by atoms with van der Waals surface area (Å²) in [6.07, 6.45) is 4.10. The Bertz CT molecular complexity index is 851. The molecule has 1 aliphatic heterocycles. The molecule has 4 nitrogen and oxygen atoms in total. The molecule has 2 heterocycles. The van der Waals surface area contributed by atoms with Crippen LogP contribution >= 0.6 is 0 Å². The molecule has 1 aromatic heterocycles.